The van der Waals surface area contributed by atoms with Crippen molar-refractivity contribution in [2.45, 2.75) is 44.8 Å². The van der Waals surface area contributed by atoms with E-state index in [1.165, 1.54) is 0 Å². The van der Waals surface area contributed by atoms with Crippen LogP contribution >= 0.6 is 15.9 Å². The van der Waals surface area contributed by atoms with E-state index in [1.807, 2.05) is 32.9 Å². The zero-order valence-corrected chi connectivity index (χ0v) is 15.0. The molecule has 5 heteroatoms. The van der Waals surface area contributed by atoms with Gasteiger partial charge in [-0.2, -0.15) is 0 Å². The van der Waals surface area contributed by atoms with E-state index in [9.17, 15) is 4.79 Å². The molecule has 0 atom stereocenters. The number of carbonyl (C=O) groups excluding carboxylic acids is 1. The van der Waals surface area contributed by atoms with E-state index in [2.05, 4.69) is 33.4 Å². The summed E-state index contributed by atoms with van der Waals surface area (Å²) in [4.78, 5) is 12.0. The van der Waals surface area contributed by atoms with Gasteiger partial charge in [0, 0.05) is 4.47 Å². The molecule has 0 saturated carbocycles. The molecule has 0 bridgehead atoms. The van der Waals surface area contributed by atoms with Crippen molar-refractivity contribution >= 4 is 21.9 Å². The summed E-state index contributed by atoms with van der Waals surface area (Å²) in [5.41, 5.74) is 0.211. The van der Waals surface area contributed by atoms with E-state index in [4.69, 9.17) is 9.47 Å². The summed E-state index contributed by atoms with van der Waals surface area (Å²) in [7, 11) is 0. The van der Waals surface area contributed by atoms with Crippen LogP contribution in [0.2, 0.25) is 0 Å². The van der Waals surface area contributed by atoms with Crippen molar-refractivity contribution in [1.29, 1.82) is 0 Å². The summed E-state index contributed by atoms with van der Waals surface area (Å²) in [5, 5.41) is 3.34. The van der Waals surface area contributed by atoms with Gasteiger partial charge in [-0.05, 0) is 64.4 Å². The molecular formula is C17H24BrNO3. The number of carbonyl (C=O) groups is 1. The molecule has 122 valence electrons. The molecule has 0 aliphatic carbocycles. The second-order valence-electron chi connectivity index (χ2n) is 6.63. The van der Waals surface area contributed by atoms with Gasteiger partial charge in [0.15, 0.2) is 0 Å². The number of halogens is 1. The molecule has 22 heavy (non-hydrogen) atoms. The molecule has 0 aromatic heterocycles. The van der Waals surface area contributed by atoms with Crippen LogP contribution in [0.1, 0.15) is 39.2 Å². The van der Waals surface area contributed by atoms with Crippen molar-refractivity contribution < 1.29 is 14.3 Å². The van der Waals surface area contributed by atoms with Gasteiger partial charge in [0.05, 0.1) is 5.60 Å². The van der Waals surface area contributed by atoms with Gasteiger partial charge in [0.2, 0.25) is 0 Å². The van der Waals surface area contributed by atoms with E-state index < -0.39 is 11.2 Å². The molecule has 1 fully saturated rings. The molecule has 1 N–H and O–H groups in total. The predicted molar refractivity (Wildman–Crippen MR) is 89.7 cm³/mol. The average Bonchev–Trinajstić information content (AvgIpc) is 2.45. The van der Waals surface area contributed by atoms with Crippen LogP contribution in [0.3, 0.4) is 0 Å². The van der Waals surface area contributed by atoms with Crippen LogP contribution in [0, 0.1) is 0 Å². The van der Waals surface area contributed by atoms with Crippen LogP contribution in [-0.4, -0.2) is 31.3 Å². The fourth-order valence-electron chi connectivity index (χ4n) is 2.67. The van der Waals surface area contributed by atoms with Crippen LogP contribution in [0.25, 0.3) is 0 Å². The molecule has 1 heterocycles. The summed E-state index contributed by atoms with van der Waals surface area (Å²) in [6, 6.07) is 8.14. The van der Waals surface area contributed by atoms with Crippen LogP contribution in [0.15, 0.2) is 28.7 Å². The summed E-state index contributed by atoms with van der Waals surface area (Å²) in [5.74, 6) is -0.317. The summed E-state index contributed by atoms with van der Waals surface area (Å²) in [6.45, 7) is 7.32. The van der Waals surface area contributed by atoms with Gasteiger partial charge < -0.3 is 14.8 Å². The van der Waals surface area contributed by atoms with Crippen molar-refractivity contribution in [3.63, 3.8) is 0 Å². The van der Waals surface area contributed by atoms with E-state index in [0.717, 1.165) is 36.0 Å². The van der Waals surface area contributed by atoms with Crippen LogP contribution in [-0.2, 0) is 19.9 Å². The molecule has 1 aromatic carbocycles. The van der Waals surface area contributed by atoms with Crippen molar-refractivity contribution in [2.24, 2.45) is 0 Å². The van der Waals surface area contributed by atoms with E-state index in [-0.39, 0.29) is 12.6 Å². The van der Waals surface area contributed by atoms with Gasteiger partial charge in [0.1, 0.15) is 12.2 Å². The SMILES string of the molecule is CC(C)(C)OC(=O)COC1(c2ccc(Br)cc2)CCNCC1. The number of hydrogen-bond acceptors (Lipinski definition) is 4. The van der Waals surface area contributed by atoms with Crippen molar-refractivity contribution in [2.75, 3.05) is 19.7 Å². The van der Waals surface area contributed by atoms with E-state index in [1.54, 1.807) is 0 Å². The molecule has 1 aromatic rings. The van der Waals surface area contributed by atoms with E-state index >= 15 is 0 Å². The molecule has 1 saturated heterocycles. The Balaban J connectivity index is 2.09. The fourth-order valence-corrected chi connectivity index (χ4v) is 2.93. The number of nitrogens with one attached hydrogen (secondary N) is 1. The largest absolute Gasteiger partial charge is 0.458 e. The first kappa shape index (κ1) is 17.4. The second kappa shape index (κ2) is 7.11. The Morgan fingerprint density at radius 2 is 1.82 bits per heavy atom. The lowest BCUT2D eigenvalue weighted by Crippen LogP contribution is -2.43. The van der Waals surface area contributed by atoms with Crippen molar-refractivity contribution in [1.82, 2.24) is 5.32 Å². The van der Waals surface area contributed by atoms with E-state index in [0.29, 0.717) is 0 Å². The highest BCUT2D eigenvalue weighted by molar-refractivity contribution is 9.10. The lowest BCUT2D eigenvalue weighted by atomic mass is 9.85. The average molecular weight is 370 g/mol. The summed E-state index contributed by atoms with van der Waals surface area (Å²) < 4.78 is 12.5. The van der Waals surface area contributed by atoms with Gasteiger partial charge >= 0.3 is 5.97 Å². The van der Waals surface area contributed by atoms with Gasteiger partial charge in [-0.25, -0.2) is 4.79 Å². The van der Waals surface area contributed by atoms with Crippen molar-refractivity contribution in [3.05, 3.63) is 34.3 Å². The lowest BCUT2D eigenvalue weighted by Gasteiger charge is -2.38. The zero-order chi connectivity index (χ0) is 16.2. The minimum atomic E-state index is -0.487. The monoisotopic (exact) mass is 369 g/mol. The van der Waals surface area contributed by atoms with Crippen LogP contribution in [0.4, 0.5) is 0 Å². The standard InChI is InChI=1S/C17H24BrNO3/c1-16(2,3)22-15(20)12-21-17(8-10-19-11-9-17)13-4-6-14(18)7-5-13/h4-7,19H,8-12H2,1-3H3. The smallest absolute Gasteiger partial charge is 0.332 e. The molecule has 4 nitrogen and oxygen atoms in total. The third kappa shape index (κ3) is 4.80. The van der Waals surface area contributed by atoms with Gasteiger partial charge in [-0.1, -0.05) is 28.1 Å². The highest BCUT2D eigenvalue weighted by Crippen LogP contribution is 2.35. The minimum absolute atomic E-state index is 0.0205. The Hall–Kier alpha value is -0.910. The molecule has 1 aliphatic heterocycles. The third-order valence-electron chi connectivity index (χ3n) is 3.67. The maximum atomic E-state index is 12.0. The maximum absolute atomic E-state index is 12.0. The Kier molecular flexibility index (Phi) is 5.64. The number of benzene rings is 1. The molecule has 2 rings (SSSR count). The topological polar surface area (TPSA) is 47.6 Å². The van der Waals surface area contributed by atoms with Gasteiger partial charge in [-0.3, -0.25) is 0 Å². The summed E-state index contributed by atoms with van der Waals surface area (Å²) in [6.07, 6.45) is 1.69. The molecule has 0 amide bonds. The van der Waals surface area contributed by atoms with Crippen LogP contribution in [0.5, 0.6) is 0 Å². The summed E-state index contributed by atoms with van der Waals surface area (Å²) >= 11 is 3.46. The Morgan fingerprint density at radius 3 is 2.36 bits per heavy atom. The third-order valence-corrected chi connectivity index (χ3v) is 4.20. The van der Waals surface area contributed by atoms with Gasteiger partial charge in [-0.15, -0.1) is 0 Å². The minimum Gasteiger partial charge on any atom is -0.458 e. The first-order valence-corrected chi connectivity index (χ1v) is 8.43. The quantitative estimate of drug-likeness (QED) is 0.826. The zero-order valence-electron chi connectivity index (χ0n) is 13.4. The molecule has 0 spiro atoms. The Morgan fingerprint density at radius 1 is 1.23 bits per heavy atom. The molecule has 0 unspecified atom stereocenters. The Bertz CT molecular complexity index is 502. The molecule has 1 aliphatic rings. The van der Waals surface area contributed by atoms with Crippen molar-refractivity contribution in [3.8, 4) is 0 Å². The highest BCUT2D eigenvalue weighted by atomic mass is 79.9. The number of ether oxygens (including phenoxy) is 2. The van der Waals surface area contributed by atoms with Crippen LogP contribution < -0.4 is 5.32 Å². The highest BCUT2D eigenvalue weighted by Gasteiger charge is 2.36. The maximum Gasteiger partial charge on any atom is 0.332 e. The second-order valence-corrected chi connectivity index (χ2v) is 7.54. The van der Waals surface area contributed by atoms with Gasteiger partial charge in [0.25, 0.3) is 0 Å². The number of esters is 1. The number of hydrogen-bond donors (Lipinski definition) is 1. The Labute approximate surface area is 140 Å². The number of rotatable bonds is 4. The first-order chi connectivity index (χ1) is 10.3. The first-order valence-electron chi connectivity index (χ1n) is 7.63. The lowest BCUT2D eigenvalue weighted by molar-refractivity contribution is -0.169. The molecule has 0 radical (unpaired) electrons. The fraction of sp³-hybridized carbons (Fsp3) is 0.588. The normalized spacial score (nSPS) is 18.0. The predicted octanol–water partition coefficient (Wildman–Crippen LogP) is 3.39. The number of piperidine rings is 1. The molecular weight excluding hydrogens is 346 g/mol.